The highest BCUT2D eigenvalue weighted by molar-refractivity contribution is 6.30. The normalized spacial score (nSPS) is 10.8. The molecule has 0 aliphatic rings. The number of nitro groups is 1. The Morgan fingerprint density at radius 2 is 1.86 bits per heavy atom. The lowest BCUT2D eigenvalue weighted by molar-refractivity contribution is -0.385. The summed E-state index contributed by atoms with van der Waals surface area (Å²) in [4.78, 5) is 19.1. The molecule has 3 rings (SSSR count). The first-order valence-corrected chi connectivity index (χ1v) is 9.03. The maximum Gasteiger partial charge on any atom is 0.373 e. The zero-order valence-electron chi connectivity index (χ0n) is 15.6. The third-order valence-electron chi connectivity index (χ3n) is 4.19. The molecule has 0 fully saturated rings. The smallest absolute Gasteiger partial charge is 0.373 e. The second-order valence-corrected chi connectivity index (χ2v) is 6.98. The van der Waals surface area contributed by atoms with Crippen molar-refractivity contribution in [2.24, 2.45) is 0 Å². The lowest BCUT2D eigenvalue weighted by Gasteiger charge is -2.12. The van der Waals surface area contributed by atoms with Gasteiger partial charge in [0, 0.05) is 10.7 Å². The summed E-state index contributed by atoms with van der Waals surface area (Å²) in [5, 5.41) is 15.2. The zero-order chi connectivity index (χ0) is 20.3. The van der Waals surface area contributed by atoms with Crippen molar-refractivity contribution < 1.29 is 9.66 Å². The Labute approximate surface area is 167 Å². The maximum atomic E-state index is 11.7. The predicted molar refractivity (Wildman–Crippen MR) is 109 cm³/mol. The van der Waals surface area contributed by atoms with Crippen molar-refractivity contribution in [3.05, 3.63) is 75.1 Å². The van der Waals surface area contributed by atoms with Crippen molar-refractivity contribution >= 4 is 28.8 Å². The first-order chi connectivity index (χ1) is 13.3. The van der Waals surface area contributed by atoms with Crippen molar-refractivity contribution in [3.63, 3.8) is 0 Å². The van der Waals surface area contributed by atoms with E-state index in [0.29, 0.717) is 22.4 Å². The number of ether oxygens (including phenoxy) is 1. The number of aryl methyl sites for hydroxylation is 1. The van der Waals surface area contributed by atoms with Crippen LogP contribution in [0.25, 0.3) is 0 Å². The van der Waals surface area contributed by atoms with E-state index in [0.717, 1.165) is 11.1 Å². The number of rotatable bonds is 6. The van der Waals surface area contributed by atoms with E-state index in [4.69, 9.17) is 16.3 Å². The van der Waals surface area contributed by atoms with E-state index in [1.165, 1.54) is 6.33 Å². The minimum Gasteiger partial charge on any atom is -0.434 e. The van der Waals surface area contributed by atoms with Crippen LogP contribution in [-0.2, 0) is 0 Å². The largest absolute Gasteiger partial charge is 0.434 e. The van der Waals surface area contributed by atoms with Gasteiger partial charge in [-0.1, -0.05) is 43.6 Å². The van der Waals surface area contributed by atoms with Gasteiger partial charge in [-0.25, -0.2) is 4.98 Å². The minimum absolute atomic E-state index is 0.0270. The monoisotopic (exact) mass is 398 g/mol. The van der Waals surface area contributed by atoms with E-state index in [-0.39, 0.29) is 17.4 Å². The van der Waals surface area contributed by atoms with Gasteiger partial charge in [0.1, 0.15) is 12.1 Å². The molecule has 1 N–H and O–H groups in total. The summed E-state index contributed by atoms with van der Waals surface area (Å²) >= 11 is 6.03. The van der Waals surface area contributed by atoms with Crippen molar-refractivity contribution in [1.29, 1.82) is 0 Å². The molecule has 7 nitrogen and oxygen atoms in total. The van der Waals surface area contributed by atoms with Crippen molar-refractivity contribution in [3.8, 4) is 11.6 Å². The van der Waals surface area contributed by atoms with E-state index in [1.807, 2.05) is 25.1 Å². The Morgan fingerprint density at radius 3 is 2.50 bits per heavy atom. The lowest BCUT2D eigenvalue weighted by atomic mass is 10.0. The Balaban J connectivity index is 1.95. The SMILES string of the molecule is Cc1ccc(Cl)cc1Nc1ncnc(Oc2ccc(C(C)C)cc2)c1[N+](=O)[O-]. The molecule has 1 aromatic heterocycles. The molecule has 0 spiro atoms. The molecule has 28 heavy (non-hydrogen) atoms. The van der Waals surface area contributed by atoms with E-state index in [9.17, 15) is 10.1 Å². The molecule has 0 unspecified atom stereocenters. The third-order valence-corrected chi connectivity index (χ3v) is 4.42. The van der Waals surface area contributed by atoms with E-state index in [2.05, 4.69) is 29.1 Å². The molecule has 0 aliphatic heterocycles. The summed E-state index contributed by atoms with van der Waals surface area (Å²) in [5.41, 5.74) is 2.27. The second kappa shape index (κ2) is 8.22. The number of aromatic nitrogens is 2. The van der Waals surface area contributed by atoms with Gasteiger partial charge in [-0.3, -0.25) is 10.1 Å². The van der Waals surface area contributed by atoms with Crippen LogP contribution in [0, 0.1) is 17.0 Å². The van der Waals surface area contributed by atoms with Crippen LogP contribution in [0.5, 0.6) is 11.6 Å². The molecule has 8 heteroatoms. The fraction of sp³-hybridized carbons (Fsp3) is 0.200. The van der Waals surface area contributed by atoms with Crippen LogP contribution in [0.4, 0.5) is 17.2 Å². The van der Waals surface area contributed by atoms with Gasteiger partial charge in [-0.15, -0.1) is 0 Å². The van der Waals surface area contributed by atoms with Crippen LogP contribution in [-0.4, -0.2) is 14.9 Å². The number of anilines is 2. The quantitative estimate of drug-likeness (QED) is 0.404. The highest BCUT2D eigenvalue weighted by Crippen LogP contribution is 2.36. The second-order valence-electron chi connectivity index (χ2n) is 6.54. The summed E-state index contributed by atoms with van der Waals surface area (Å²) < 4.78 is 5.68. The van der Waals surface area contributed by atoms with Crippen molar-refractivity contribution in [1.82, 2.24) is 9.97 Å². The van der Waals surface area contributed by atoms with Gasteiger partial charge >= 0.3 is 11.6 Å². The standard InChI is InChI=1S/C20H19ClN4O3/c1-12(2)14-5-8-16(9-6-14)28-20-18(25(26)27)19(22-11-23-20)24-17-10-15(21)7-4-13(17)3/h4-12H,1-3H3,(H,22,23,24). The number of nitrogens with one attached hydrogen (secondary N) is 1. The van der Waals surface area contributed by atoms with E-state index in [1.54, 1.807) is 24.3 Å². The van der Waals surface area contributed by atoms with Gasteiger partial charge in [-0.05, 0) is 48.2 Å². The van der Waals surface area contributed by atoms with Gasteiger partial charge < -0.3 is 10.1 Å². The molecular formula is C20H19ClN4O3. The Hall–Kier alpha value is -3.19. The first-order valence-electron chi connectivity index (χ1n) is 8.65. The summed E-state index contributed by atoms with van der Waals surface area (Å²) in [6, 6.07) is 12.6. The molecular weight excluding hydrogens is 380 g/mol. The third kappa shape index (κ3) is 4.37. The molecule has 2 aromatic carbocycles. The van der Waals surface area contributed by atoms with Crippen LogP contribution in [0.15, 0.2) is 48.8 Å². The number of halogens is 1. The molecule has 0 bridgehead atoms. The van der Waals surface area contributed by atoms with Gasteiger partial charge in [0.2, 0.25) is 5.82 Å². The van der Waals surface area contributed by atoms with Gasteiger partial charge in [0.25, 0.3) is 0 Å². The summed E-state index contributed by atoms with van der Waals surface area (Å²) in [6.07, 6.45) is 1.22. The molecule has 144 valence electrons. The van der Waals surface area contributed by atoms with Crippen LogP contribution in [0.1, 0.15) is 30.9 Å². The summed E-state index contributed by atoms with van der Waals surface area (Å²) in [7, 11) is 0. The average Bonchev–Trinajstić information content (AvgIpc) is 2.65. The van der Waals surface area contributed by atoms with E-state index >= 15 is 0 Å². The molecule has 0 saturated heterocycles. The number of hydrogen-bond acceptors (Lipinski definition) is 6. The minimum atomic E-state index is -0.569. The Kier molecular flexibility index (Phi) is 5.75. The molecule has 1 heterocycles. The molecule has 0 amide bonds. The summed E-state index contributed by atoms with van der Waals surface area (Å²) in [5.74, 6) is 0.717. The van der Waals surface area contributed by atoms with Crippen LogP contribution in [0.3, 0.4) is 0 Å². The van der Waals surface area contributed by atoms with E-state index < -0.39 is 4.92 Å². The first kappa shape index (κ1) is 19.6. The Bertz CT molecular complexity index is 1010. The number of hydrogen-bond donors (Lipinski definition) is 1. The Morgan fingerprint density at radius 1 is 1.14 bits per heavy atom. The predicted octanol–water partition coefficient (Wildman–Crippen LogP) is 6.01. The fourth-order valence-electron chi connectivity index (χ4n) is 2.58. The van der Waals surface area contributed by atoms with Gasteiger partial charge in [0.15, 0.2) is 0 Å². The highest BCUT2D eigenvalue weighted by atomic mass is 35.5. The molecule has 0 atom stereocenters. The molecule has 0 saturated carbocycles. The van der Waals surface area contributed by atoms with Crippen molar-refractivity contribution in [2.45, 2.75) is 26.7 Å². The highest BCUT2D eigenvalue weighted by Gasteiger charge is 2.25. The lowest BCUT2D eigenvalue weighted by Crippen LogP contribution is -2.04. The number of benzene rings is 2. The maximum absolute atomic E-state index is 11.7. The van der Waals surface area contributed by atoms with Crippen LogP contribution < -0.4 is 10.1 Å². The molecule has 0 radical (unpaired) electrons. The topological polar surface area (TPSA) is 90.2 Å². The number of nitrogens with zero attached hydrogens (tertiary/aromatic N) is 3. The fourth-order valence-corrected chi connectivity index (χ4v) is 2.75. The van der Waals surface area contributed by atoms with Gasteiger partial charge in [0.05, 0.1) is 4.92 Å². The van der Waals surface area contributed by atoms with Crippen molar-refractivity contribution in [2.75, 3.05) is 5.32 Å². The molecule has 0 aliphatic carbocycles. The summed E-state index contributed by atoms with van der Waals surface area (Å²) in [6.45, 7) is 6.03. The van der Waals surface area contributed by atoms with Gasteiger partial charge in [-0.2, -0.15) is 4.98 Å². The van der Waals surface area contributed by atoms with Crippen LogP contribution in [0.2, 0.25) is 5.02 Å². The average molecular weight is 399 g/mol. The molecule has 3 aromatic rings. The zero-order valence-corrected chi connectivity index (χ0v) is 16.4. The van der Waals surface area contributed by atoms with Crippen LogP contribution >= 0.6 is 11.6 Å².